The van der Waals surface area contributed by atoms with Crippen LogP contribution in [-0.4, -0.2) is 10.5 Å². The van der Waals surface area contributed by atoms with Gasteiger partial charge < -0.3 is 20.0 Å². The summed E-state index contributed by atoms with van der Waals surface area (Å²) in [5.74, 6) is 0.671. The quantitative estimate of drug-likeness (QED) is 0.855. The second-order valence-electron chi connectivity index (χ2n) is 4.18. The molecular weight excluding hydrogens is 230 g/mol. The number of hydrogen-bond donors (Lipinski definition) is 2. The van der Waals surface area contributed by atoms with E-state index >= 15 is 0 Å². The highest BCUT2D eigenvalue weighted by atomic mass is 16.4. The number of nitrogens with two attached hydrogens (primary N) is 1. The highest BCUT2D eigenvalue weighted by molar-refractivity contribution is 5.91. The van der Waals surface area contributed by atoms with E-state index in [1.54, 1.807) is 12.1 Å². The fraction of sp³-hybridized carbons (Fsp3) is 0.308. The van der Waals surface area contributed by atoms with Gasteiger partial charge in [0.15, 0.2) is 5.76 Å². The molecule has 0 bridgehead atoms. The van der Waals surface area contributed by atoms with Crippen molar-refractivity contribution >= 4 is 5.91 Å². The summed E-state index contributed by atoms with van der Waals surface area (Å²) in [4.78, 5) is 11.8. The maximum absolute atomic E-state index is 11.8. The highest BCUT2D eigenvalue weighted by Crippen LogP contribution is 2.08. The van der Waals surface area contributed by atoms with Gasteiger partial charge in [-0.3, -0.25) is 4.79 Å². The lowest BCUT2D eigenvalue weighted by Gasteiger charge is -2.06. The van der Waals surface area contributed by atoms with Crippen molar-refractivity contribution in [2.45, 2.75) is 20.0 Å². The van der Waals surface area contributed by atoms with Crippen LogP contribution in [0.1, 0.15) is 27.7 Å². The van der Waals surface area contributed by atoms with Crippen LogP contribution in [0.5, 0.6) is 0 Å². The van der Waals surface area contributed by atoms with Gasteiger partial charge in [-0.15, -0.1) is 0 Å². The van der Waals surface area contributed by atoms with Crippen molar-refractivity contribution in [1.29, 1.82) is 0 Å². The number of furan rings is 1. The Hall–Kier alpha value is -2.01. The third kappa shape index (κ3) is 2.46. The van der Waals surface area contributed by atoms with Crippen LogP contribution in [0.15, 0.2) is 28.7 Å². The molecule has 0 fully saturated rings. The molecule has 1 amide bonds. The highest BCUT2D eigenvalue weighted by Gasteiger charge is 2.11. The normalized spacial score (nSPS) is 10.6. The molecule has 0 aliphatic carbocycles. The molecule has 2 aromatic rings. The molecule has 0 unspecified atom stereocenters. The van der Waals surface area contributed by atoms with Crippen LogP contribution >= 0.6 is 0 Å². The second-order valence-corrected chi connectivity index (χ2v) is 4.18. The van der Waals surface area contributed by atoms with E-state index in [-0.39, 0.29) is 5.91 Å². The van der Waals surface area contributed by atoms with Gasteiger partial charge in [-0.2, -0.15) is 0 Å². The number of amides is 1. The minimum absolute atomic E-state index is 0.228. The number of nitrogens with one attached hydrogen (secondary N) is 1. The molecule has 0 aromatic carbocycles. The fourth-order valence-corrected chi connectivity index (χ4v) is 1.71. The molecular formula is C13H17N3O2. The zero-order valence-electron chi connectivity index (χ0n) is 10.6. The summed E-state index contributed by atoms with van der Waals surface area (Å²) in [6, 6.07) is 7.35. The van der Waals surface area contributed by atoms with E-state index in [1.807, 2.05) is 30.7 Å². The first-order valence-electron chi connectivity index (χ1n) is 5.80. The molecule has 0 aliphatic heterocycles. The van der Waals surface area contributed by atoms with Crippen LogP contribution in [0.4, 0.5) is 0 Å². The molecule has 18 heavy (non-hydrogen) atoms. The second kappa shape index (κ2) is 5.10. The van der Waals surface area contributed by atoms with E-state index in [1.165, 1.54) is 0 Å². The van der Waals surface area contributed by atoms with E-state index < -0.39 is 0 Å². The number of carbonyl (C=O) groups excluding carboxylic acids is 1. The number of carbonyl (C=O) groups is 1. The molecule has 2 aromatic heterocycles. The molecule has 0 saturated heterocycles. The SMILES string of the molecule is Cc1ccc(CNC(=O)c2ccc(CN)o2)n1C. The third-order valence-corrected chi connectivity index (χ3v) is 2.99. The zero-order chi connectivity index (χ0) is 13.1. The maximum atomic E-state index is 11.8. The first-order valence-corrected chi connectivity index (χ1v) is 5.80. The molecule has 0 saturated carbocycles. The summed E-state index contributed by atoms with van der Waals surface area (Å²) in [6.45, 7) is 2.79. The molecule has 0 aliphatic rings. The van der Waals surface area contributed by atoms with Crippen LogP contribution in [0.25, 0.3) is 0 Å². The first kappa shape index (κ1) is 12.4. The predicted molar refractivity (Wildman–Crippen MR) is 67.9 cm³/mol. The van der Waals surface area contributed by atoms with Gasteiger partial charge in [0, 0.05) is 18.4 Å². The van der Waals surface area contributed by atoms with Crippen LogP contribution in [0, 0.1) is 6.92 Å². The minimum Gasteiger partial charge on any atom is -0.455 e. The third-order valence-electron chi connectivity index (χ3n) is 2.99. The van der Waals surface area contributed by atoms with Gasteiger partial charge in [-0.25, -0.2) is 0 Å². The van der Waals surface area contributed by atoms with E-state index in [0.717, 1.165) is 11.4 Å². The average Bonchev–Trinajstić information content (AvgIpc) is 2.96. The maximum Gasteiger partial charge on any atom is 0.287 e. The monoisotopic (exact) mass is 247 g/mol. The van der Waals surface area contributed by atoms with Crippen molar-refractivity contribution in [3.05, 3.63) is 47.2 Å². The summed E-state index contributed by atoms with van der Waals surface area (Å²) in [5, 5.41) is 2.81. The van der Waals surface area contributed by atoms with Crippen LogP contribution in [-0.2, 0) is 20.1 Å². The Bertz CT molecular complexity index is 554. The molecule has 0 atom stereocenters. The molecule has 5 heteroatoms. The van der Waals surface area contributed by atoms with Crippen LogP contribution < -0.4 is 11.1 Å². The van der Waals surface area contributed by atoms with Gasteiger partial charge in [0.05, 0.1) is 13.1 Å². The van der Waals surface area contributed by atoms with Crippen molar-refractivity contribution in [3.8, 4) is 0 Å². The lowest BCUT2D eigenvalue weighted by atomic mass is 10.3. The molecule has 5 nitrogen and oxygen atoms in total. The van der Waals surface area contributed by atoms with Gasteiger partial charge in [0.2, 0.25) is 0 Å². The number of hydrogen-bond acceptors (Lipinski definition) is 3. The summed E-state index contributed by atoms with van der Waals surface area (Å²) >= 11 is 0. The average molecular weight is 247 g/mol. The van der Waals surface area contributed by atoms with Gasteiger partial charge in [0.1, 0.15) is 5.76 Å². The number of rotatable bonds is 4. The Morgan fingerprint density at radius 2 is 2.17 bits per heavy atom. The van der Waals surface area contributed by atoms with Gasteiger partial charge in [-0.05, 0) is 31.2 Å². The Kier molecular flexibility index (Phi) is 3.53. The Labute approximate surface area is 106 Å². The summed E-state index contributed by atoms with van der Waals surface area (Å²) in [6.07, 6.45) is 0. The molecule has 96 valence electrons. The summed E-state index contributed by atoms with van der Waals surface area (Å²) in [5.41, 5.74) is 7.63. The molecule has 2 rings (SSSR count). The van der Waals surface area contributed by atoms with E-state index in [4.69, 9.17) is 10.2 Å². The van der Waals surface area contributed by atoms with Crippen LogP contribution in [0.3, 0.4) is 0 Å². The van der Waals surface area contributed by atoms with Crippen LogP contribution in [0.2, 0.25) is 0 Å². The van der Waals surface area contributed by atoms with Crippen molar-refractivity contribution in [1.82, 2.24) is 9.88 Å². The number of aromatic nitrogens is 1. The summed E-state index contributed by atoms with van der Waals surface area (Å²) in [7, 11) is 1.97. The molecule has 2 heterocycles. The first-order chi connectivity index (χ1) is 8.61. The Balaban J connectivity index is 1.98. The summed E-state index contributed by atoms with van der Waals surface area (Å²) < 4.78 is 7.31. The predicted octanol–water partition coefficient (Wildman–Crippen LogP) is 1.32. The van der Waals surface area contributed by atoms with Gasteiger partial charge in [-0.1, -0.05) is 0 Å². The lowest BCUT2D eigenvalue weighted by Crippen LogP contribution is -2.23. The zero-order valence-corrected chi connectivity index (χ0v) is 10.6. The smallest absolute Gasteiger partial charge is 0.287 e. The van der Waals surface area contributed by atoms with E-state index in [9.17, 15) is 4.79 Å². The largest absolute Gasteiger partial charge is 0.455 e. The van der Waals surface area contributed by atoms with Crippen molar-refractivity contribution in [3.63, 3.8) is 0 Å². The topological polar surface area (TPSA) is 73.2 Å². The molecule has 0 radical (unpaired) electrons. The van der Waals surface area contributed by atoms with E-state index in [2.05, 4.69) is 5.32 Å². The Morgan fingerprint density at radius 3 is 2.72 bits per heavy atom. The van der Waals surface area contributed by atoms with Gasteiger partial charge in [0.25, 0.3) is 5.91 Å². The van der Waals surface area contributed by atoms with Crippen molar-refractivity contribution in [2.24, 2.45) is 12.8 Å². The number of nitrogens with zero attached hydrogens (tertiary/aromatic N) is 1. The Morgan fingerprint density at radius 1 is 1.39 bits per heavy atom. The molecule has 0 spiro atoms. The van der Waals surface area contributed by atoms with Gasteiger partial charge >= 0.3 is 0 Å². The van der Waals surface area contributed by atoms with Crippen molar-refractivity contribution < 1.29 is 9.21 Å². The van der Waals surface area contributed by atoms with Crippen molar-refractivity contribution in [2.75, 3.05) is 0 Å². The lowest BCUT2D eigenvalue weighted by molar-refractivity contribution is 0.0920. The minimum atomic E-state index is -0.228. The standard InChI is InChI=1S/C13H17N3O2/c1-9-3-4-10(16(9)2)8-15-13(17)12-6-5-11(7-14)18-12/h3-6H,7-8,14H2,1-2H3,(H,15,17). The van der Waals surface area contributed by atoms with E-state index in [0.29, 0.717) is 24.6 Å². The molecule has 3 N–H and O–H groups in total. The fourth-order valence-electron chi connectivity index (χ4n) is 1.71. The number of aryl methyl sites for hydroxylation is 1.